The molecule has 2 heterocycles. The lowest BCUT2D eigenvalue weighted by Gasteiger charge is -2.13. The topological polar surface area (TPSA) is 70.7 Å². The fourth-order valence-electron chi connectivity index (χ4n) is 3.07. The van der Waals surface area contributed by atoms with Crippen LogP contribution in [0.2, 0.25) is 0 Å². The van der Waals surface area contributed by atoms with E-state index < -0.39 is 0 Å². The van der Waals surface area contributed by atoms with Crippen molar-refractivity contribution in [1.29, 1.82) is 0 Å². The maximum atomic E-state index is 5.76. The second kappa shape index (κ2) is 9.68. The molecule has 6 nitrogen and oxygen atoms in total. The molecule has 0 unspecified atom stereocenters. The molecule has 0 saturated carbocycles. The van der Waals surface area contributed by atoms with E-state index in [0.29, 0.717) is 19.8 Å². The Bertz CT molecular complexity index is 921. The third-order valence-corrected chi connectivity index (χ3v) is 4.35. The molecule has 0 atom stereocenters. The van der Waals surface area contributed by atoms with Crippen molar-refractivity contribution < 1.29 is 9.47 Å². The number of hydrogen-bond donors (Lipinski definition) is 3. The summed E-state index contributed by atoms with van der Waals surface area (Å²) in [5, 5.41) is 7.82. The van der Waals surface area contributed by atoms with Crippen LogP contribution in [0.4, 0.5) is 5.69 Å². The van der Waals surface area contributed by atoms with Crippen molar-refractivity contribution in [3.8, 4) is 11.5 Å². The van der Waals surface area contributed by atoms with Crippen LogP contribution < -0.4 is 20.1 Å². The molecule has 1 aliphatic rings. The van der Waals surface area contributed by atoms with E-state index in [4.69, 9.17) is 14.5 Å². The fraction of sp³-hybridized carbons (Fsp3) is 0.286. The minimum atomic E-state index is 0. The third-order valence-electron chi connectivity index (χ3n) is 4.35. The van der Waals surface area contributed by atoms with Crippen LogP contribution in [0, 0.1) is 0 Å². The number of hydrogen-bond acceptors (Lipinski definition) is 3. The van der Waals surface area contributed by atoms with E-state index in [1.165, 1.54) is 5.39 Å². The number of anilines is 1. The Morgan fingerprint density at radius 2 is 1.89 bits per heavy atom. The summed E-state index contributed by atoms with van der Waals surface area (Å²) in [6.07, 6.45) is 0.895. The monoisotopic (exact) mass is 492 g/mol. The highest BCUT2D eigenvalue weighted by Gasteiger charge is 2.11. The lowest BCUT2D eigenvalue weighted by atomic mass is 10.2. The molecule has 3 N–H and O–H groups in total. The highest BCUT2D eigenvalue weighted by molar-refractivity contribution is 14.0. The quantitative estimate of drug-likeness (QED) is 0.285. The molecule has 0 fully saturated rings. The molecule has 2 aromatic carbocycles. The number of aliphatic imine (C=N–C) groups is 1. The van der Waals surface area contributed by atoms with Gasteiger partial charge in [-0.3, -0.25) is 0 Å². The number of guanidine groups is 1. The lowest BCUT2D eigenvalue weighted by molar-refractivity contribution is 0.297. The summed E-state index contributed by atoms with van der Waals surface area (Å²) in [6, 6.07) is 16.2. The average molecular weight is 492 g/mol. The molecule has 0 spiro atoms. The third kappa shape index (κ3) is 4.89. The number of aromatic amines is 1. The van der Waals surface area contributed by atoms with E-state index in [9.17, 15) is 0 Å². The molecule has 7 heteroatoms. The van der Waals surface area contributed by atoms with E-state index in [1.54, 1.807) is 0 Å². The number of nitrogens with one attached hydrogen (secondary N) is 3. The van der Waals surface area contributed by atoms with Crippen LogP contribution in [0.25, 0.3) is 10.9 Å². The maximum absolute atomic E-state index is 5.76. The largest absolute Gasteiger partial charge is 0.490 e. The second-order valence-corrected chi connectivity index (χ2v) is 6.41. The Kier molecular flexibility index (Phi) is 7.02. The molecular formula is C21H25IN4O2. The van der Waals surface area contributed by atoms with Gasteiger partial charge in [0.05, 0.1) is 19.8 Å². The van der Waals surface area contributed by atoms with E-state index in [1.807, 2.05) is 37.3 Å². The number of para-hydroxylation sites is 1. The van der Waals surface area contributed by atoms with Crippen molar-refractivity contribution in [2.75, 3.05) is 25.1 Å². The van der Waals surface area contributed by atoms with Crippen LogP contribution in [-0.4, -0.2) is 30.7 Å². The number of aromatic nitrogens is 1. The first-order chi connectivity index (χ1) is 13.3. The lowest BCUT2D eigenvalue weighted by Crippen LogP contribution is -2.30. The van der Waals surface area contributed by atoms with Crippen molar-refractivity contribution in [2.45, 2.75) is 19.9 Å². The van der Waals surface area contributed by atoms with Crippen molar-refractivity contribution >= 4 is 46.5 Å². The normalized spacial score (nSPS) is 13.5. The predicted molar refractivity (Wildman–Crippen MR) is 124 cm³/mol. The first kappa shape index (κ1) is 20.3. The van der Waals surface area contributed by atoms with Crippen molar-refractivity contribution in [3.63, 3.8) is 0 Å². The van der Waals surface area contributed by atoms with Crippen molar-refractivity contribution in [2.24, 2.45) is 4.99 Å². The zero-order valence-corrected chi connectivity index (χ0v) is 18.2. The van der Waals surface area contributed by atoms with Crippen LogP contribution in [-0.2, 0) is 6.54 Å². The van der Waals surface area contributed by atoms with Crippen LogP contribution in [0.1, 0.15) is 19.0 Å². The van der Waals surface area contributed by atoms with Gasteiger partial charge in [0.25, 0.3) is 0 Å². The molecule has 3 aromatic rings. The molecule has 0 bridgehead atoms. The Labute approximate surface area is 181 Å². The van der Waals surface area contributed by atoms with Gasteiger partial charge in [-0.15, -0.1) is 24.0 Å². The molecule has 0 radical (unpaired) electrons. The van der Waals surface area contributed by atoms with E-state index in [-0.39, 0.29) is 24.0 Å². The Morgan fingerprint density at radius 1 is 1.07 bits per heavy atom. The van der Waals surface area contributed by atoms with Crippen LogP contribution in [0.5, 0.6) is 11.5 Å². The smallest absolute Gasteiger partial charge is 0.196 e. The number of rotatable bonds is 4. The fourth-order valence-corrected chi connectivity index (χ4v) is 3.07. The zero-order valence-electron chi connectivity index (χ0n) is 15.8. The van der Waals surface area contributed by atoms with Gasteiger partial charge in [0.2, 0.25) is 0 Å². The van der Waals surface area contributed by atoms with Gasteiger partial charge in [-0.2, -0.15) is 0 Å². The van der Waals surface area contributed by atoms with E-state index in [2.05, 4.69) is 33.8 Å². The summed E-state index contributed by atoms with van der Waals surface area (Å²) >= 11 is 0. The second-order valence-electron chi connectivity index (χ2n) is 6.41. The van der Waals surface area contributed by atoms with Gasteiger partial charge in [-0.05, 0) is 36.6 Å². The van der Waals surface area contributed by atoms with Gasteiger partial charge in [-0.1, -0.05) is 18.2 Å². The van der Waals surface area contributed by atoms with E-state index in [0.717, 1.165) is 47.3 Å². The molecule has 1 aromatic heterocycles. The van der Waals surface area contributed by atoms with Gasteiger partial charge in [0.1, 0.15) is 0 Å². The molecule has 0 amide bonds. The molecule has 148 valence electrons. The zero-order chi connectivity index (χ0) is 18.5. The summed E-state index contributed by atoms with van der Waals surface area (Å²) in [5.41, 5.74) is 3.12. The summed E-state index contributed by atoms with van der Waals surface area (Å²) in [5.74, 6) is 2.28. The predicted octanol–water partition coefficient (Wildman–Crippen LogP) is 4.52. The molecule has 0 saturated heterocycles. The molecular weight excluding hydrogens is 467 g/mol. The number of ether oxygens (including phenoxy) is 2. The first-order valence-electron chi connectivity index (χ1n) is 9.33. The van der Waals surface area contributed by atoms with Gasteiger partial charge < -0.3 is 25.1 Å². The number of halogens is 1. The minimum absolute atomic E-state index is 0. The van der Waals surface area contributed by atoms with Gasteiger partial charge >= 0.3 is 0 Å². The maximum Gasteiger partial charge on any atom is 0.196 e. The Hall–Kier alpha value is -2.42. The Balaban J connectivity index is 0.00000225. The highest BCUT2D eigenvalue weighted by atomic mass is 127. The number of benzene rings is 2. The van der Waals surface area contributed by atoms with Crippen LogP contribution >= 0.6 is 24.0 Å². The number of H-pyrrole nitrogens is 1. The molecule has 28 heavy (non-hydrogen) atoms. The first-order valence-corrected chi connectivity index (χ1v) is 9.33. The van der Waals surface area contributed by atoms with Crippen molar-refractivity contribution in [1.82, 2.24) is 10.3 Å². The molecule has 1 aliphatic heterocycles. The summed E-state index contributed by atoms with van der Waals surface area (Å²) in [4.78, 5) is 8.10. The van der Waals surface area contributed by atoms with Crippen molar-refractivity contribution in [3.05, 3.63) is 54.2 Å². The Morgan fingerprint density at radius 3 is 2.71 bits per heavy atom. The van der Waals surface area contributed by atoms with E-state index >= 15 is 0 Å². The summed E-state index contributed by atoms with van der Waals surface area (Å²) < 4.78 is 11.5. The highest BCUT2D eigenvalue weighted by Crippen LogP contribution is 2.32. The molecule has 0 aliphatic carbocycles. The summed E-state index contributed by atoms with van der Waals surface area (Å²) in [7, 11) is 0. The summed E-state index contributed by atoms with van der Waals surface area (Å²) in [6.45, 7) is 4.76. The van der Waals surface area contributed by atoms with Gasteiger partial charge in [-0.25, -0.2) is 4.99 Å². The van der Waals surface area contributed by atoms with Crippen LogP contribution in [0.15, 0.2) is 53.5 Å². The minimum Gasteiger partial charge on any atom is -0.490 e. The van der Waals surface area contributed by atoms with Crippen LogP contribution in [0.3, 0.4) is 0 Å². The average Bonchev–Trinajstić information content (AvgIpc) is 2.96. The number of nitrogens with zero attached hydrogens (tertiary/aromatic N) is 1. The number of fused-ring (bicyclic) bond motifs is 2. The van der Waals surface area contributed by atoms with Gasteiger partial charge in [0, 0.05) is 35.9 Å². The molecule has 4 rings (SSSR count). The SMILES string of the molecule is CCNC(=NCc1cc2ccccc2[nH]1)Nc1ccc2c(c1)OCCCO2.I. The standard InChI is InChI=1S/C21H24N4O2.HI/c1-2-22-21(23-14-17-12-15-6-3-4-7-18(15)24-17)25-16-8-9-19-20(13-16)27-11-5-10-26-19;/h3-4,6-9,12-13,24H,2,5,10-11,14H2,1H3,(H2,22,23,25);1H. The van der Waals surface area contributed by atoms with Gasteiger partial charge in [0.15, 0.2) is 17.5 Å².